The normalized spacial score (nSPS) is 15.2. The molecule has 0 aromatic heterocycles. The summed E-state index contributed by atoms with van der Waals surface area (Å²) in [5, 5.41) is 14.7. The van der Waals surface area contributed by atoms with Crippen molar-refractivity contribution in [2.45, 2.75) is 25.8 Å². The molecule has 6 nitrogen and oxygen atoms in total. The summed E-state index contributed by atoms with van der Waals surface area (Å²) in [7, 11) is 0. The summed E-state index contributed by atoms with van der Waals surface area (Å²) in [5.74, 6) is -2.13. The number of hydrogen-bond acceptors (Lipinski definition) is 3. The predicted octanol–water partition coefficient (Wildman–Crippen LogP) is 2.55. The molecule has 3 N–H and O–H groups in total. The van der Waals surface area contributed by atoms with Crippen LogP contribution in [0.2, 0.25) is 0 Å². The van der Waals surface area contributed by atoms with Gasteiger partial charge in [-0.25, -0.2) is 0 Å². The van der Waals surface area contributed by atoms with Crippen LogP contribution in [0, 0.1) is 5.92 Å². The summed E-state index contributed by atoms with van der Waals surface area (Å²) >= 11 is 0. The summed E-state index contributed by atoms with van der Waals surface area (Å²) in [6.07, 6.45) is 2.09. The first-order valence-corrected chi connectivity index (χ1v) is 9.59. The van der Waals surface area contributed by atoms with Gasteiger partial charge in [0.1, 0.15) is 0 Å². The van der Waals surface area contributed by atoms with E-state index < -0.39 is 11.9 Å². The van der Waals surface area contributed by atoms with Crippen molar-refractivity contribution >= 4 is 17.8 Å². The molecule has 3 rings (SSSR count). The maximum atomic E-state index is 12.5. The molecule has 0 saturated carbocycles. The van der Waals surface area contributed by atoms with Crippen LogP contribution < -0.4 is 10.6 Å². The molecule has 0 saturated heterocycles. The van der Waals surface area contributed by atoms with Crippen molar-refractivity contribution in [3.05, 3.63) is 71.8 Å². The standard InChI is InChI=1S/C23H24N2O4/c1-15(23(28)29)11-20(25-22(27)19-13-21(26)24-14-19)12-16-7-9-18(10-8-16)17-5-3-2-4-6-17/h2-10,13,15,20H,11-12,14H2,1H3,(H,24,26)(H,25,27)(H,28,29)/t15-,20+/m1/s1. The van der Waals surface area contributed by atoms with E-state index in [0.717, 1.165) is 16.7 Å². The summed E-state index contributed by atoms with van der Waals surface area (Å²) in [4.78, 5) is 35.1. The second-order valence-corrected chi connectivity index (χ2v) is 7.30. The van der Waals surface area contributed by atoms with Crippen LogP contribution in [0.4, 0.5) is 0 Å². The van der Waals surface area contributed by atoms with E-state index in [-0.39, 0.29) is 24.4 Å². The number of carbonyl (C=O) groups is 3. The number of benzene rings is 2. The van der Waals surface area contributed by atoms with Gasteiger partial charge >= 0.3 is 5.97 Å². The first-order valence-electron chi connectivity index (χ1n) is 9.59. The Hall–Kier alpha value is -3.41. The number of carbonyl (C=O) groups excluding carboxylic acids is 2. The maximum Gasteiger partial charge on any atom is 0.306 e. The van der Waals surface area contributed by atoms with Crippen molar-refractivity contribution in [1.29, 1.82) is 0 Å². The minimum Gasteiger partial charge on any atom is -0.481 e. The molecule has 0 radical (unpaired) electrons. The van der Waals surface area contributed by atoms with Crippen molar-refractivity contribution in [1.82, 2.24) is 10.6 Å². The topological polar surface area (TPSA) is 95.5 Å². The quantitative estimate of drug-likeness (QED) is 0.643. The van der Waals surface area contributed by atoms with Crippen LogP contribution in [-0.4, -0.2) is 35.5 Å². The van der Waals surface area contributed by atoms with Crippen LogP contribution in [0.25, 0.3) is 11.1 Å². The zero-order chi connectivity index (χ0) is 20.8. The smallest absolute Gasteiger partial charge is 0.306 e. The monoisotopic (exact) mass is 392 g/mol. The average molecular weight is 392 g/mol. The lowest BCUT2D eigenvalue weighted by molar-refractivity contribution is -0.141. The highest BCUT2D eigenvalue weighted by atomic mass is 16.4. The molecule has 0 bridgehead atoms. The number of nitrogens with one attached hydrogen (secondary N) is 2. The van der Waals surface area contributed by atoms with E-state index in [0.29, 0.717) is 18.4 Å². The Morgan fingerprint density at radius 2 is 1.72 bits per heavy atom. The molecule has 2 aromatic rings. The first-order chi connectivity index (χ1) is 13.9. The SMILES string of the molecule is C[C@H](C[C@@H](Cc1ccc(-c2ccccc2)cc1)NC(=O)C1=CC(=O)NC1)C(=O)O. The van der Waals surface area contributed by atoms with Crippen LogP contribution in [-0.2, 0) is 20.8 Å². The molecule has 0 spiro atoms. The van der Waals surface area contributed by atoms with Gasteiger partial charge in [-0.05, 0) is 29.5 Å². The van der Waals surface area contributed by atoms with Gasteiger partial charge in [-0.3, -0.25) is 14.4 Å². The highest BCUT2D eigenvalue weighted by Gasteiger charge is 2.24. The summed E-state index contributed by atoms with van der Waals surface area (Å²) < 4.78 is 0. The van der Waals surface area contributed by atoms with E-state index in [1.807, 2.05) is 54.6 Å². The number of hydrogen-bond donors (Lipinski definition) is 3. The second-order valence-electron chi connectivity index (χ2n) is 7.30. The highest BCUT2D eigenvalue weighted by molar-refractivity contribution is 6.04. The molecule has 0 unspecified atom stereocenters. The van der Waals surface area contributed by atoms with Crippen molar-refractivity contribution in [2.75, 3.05) is 6.54 Å². The third-order valence-corrected chi connectivity index (χ3v) is 4.99. The molecule has 2 amide bonds. The number of carboxylic acid groups (broad SMARTS) is 1. The Morgan fingerprint density at radius 3 is 2.31 bits per heavy atom. The largest absolute Gasteiger partial charge is 0.481 e. The average Bonchev–Trinajstić information content (AvgIpc) is 3.15. The van der Waals surface area contributed by atoms with Crippen molar-refractivity contribution < 1.29 is 19.5 Å². The Morgan fingerprint density at radius 1 is 1.07 bits per heavy atom. The Labute approximate surface area is 169 Å². The van der Waals surface area contributed by atoms with Gasteiger partial charge in [-0.1, -0.05) is 61.5 Å². The molecule has 6 heteroatoms. The lowest BCUT2D eigenvalue weighted by Crippen LogP contribution is -2.40. The van der Waals surface area contributed by atoms with Crippen LogP contribution in [0.1, 0.15) is 18.9 Å². The Balaban J connectivity index is 1.72. The van der Waals surface area contributed by atoms with Crippen LogP contribution >= 0.6 is 0 Å². The fourth-order valence-corrected chi connectivity index (χ4v) is 3.34. The summed E-state index contributed by atoms with van der Waals surface area (Å²) in [5.41, 5.74) is 3.58. The lowest BCUT2D eigenvalue weighted by atomic mass is 9.94. The molecule has 1 aliphatic rings. The molecular formula is C23H24N2O4. The molecule has 2 aromatic carbocycles. The molecule has 29 heavy (non-hydrogen) atoms. The predicted molar refractivity (Wildman–Crippen MR) is 110 cm³/mol. The molecule has 1 aliphatic heterocycles. The minimum absolute atomic E-state index is 0.192. The maximum absolute atomic E-state index is 12.5. The van der Waals surface area contributed by atoms with E-state index in [4.69, 9.17) is 0 Å². The lowest BCUT2D eigenvalue weighted by Gasteiger charge is -2.21. The zero-order valence-corrected chi connectivity index (χ0v) is 16.2. The molecular weight excluding hydrogens is 368 g/mol. The van der Waals surface area contributed by atoms with Gasteiger partial charge in [0.05, 0.1) is 5.92 Å². The number of aliphatic carboxylic acids is 1. The highest BCUT2D eigenvalue weighted by Crippen LogP contribution is 2.21. The molecule has 0 fully saturated rings. The molecule has 2 atom stereocenters. The van der Waals surface area contributed by atoms with Gasteiger partial charge in [0.15, 0.2) is 0 Å². The van der Waals surface area contributed by atoms with E-state index in [1.165, 1.54) is 6.08 Å². The third-order valence-electron chi connectivity index (χ3n) is 4.99. The summed E-state index contributed by atoms with van der Waals surface area (Å²) in [6.45, 7) is 1.82. The van der Waals surface area contributed by atoms with Gasteiger partial charge in [0.25, 0.3) is 0 Å². The molecule has 0 aliphatic carbocycles. The van der Waals surface area contributed by atoms with Crippen LogP contribution in [0.5, 0.6) is 0 Å². The fourth-order valence-electron chi connectivity index (χ4n) is 3.34. The second kappa shape index (κ2) is 9.19. The van der Waals surface area contributed by atoms with Crippen molar-refractivity contribution in [3.8, 4) is 11.1 Å². The van der Waals surface area contributed by atoms with E-state index in [1.54, 1.807) is 6.92 Å². The van der Waals surface area contributed by atoms with Crippen LogP contribution in [0.3, 0.4) is 0 Å². The van der Waals surface area contributed by atoms with E-state index >= 15 is 0 Å². The van der Waals surface area contributed by atoms with Crippen molar-refractivity contribution in [3.63, 3.8) is 0 Å². The van der Waals surface area contributed by atoms with Gasteiger partial charge < -0.3 is 15.7 Å². The van der Waals surface area contributed by atoms with Gasteiger partial charge in [0.2, 0.25) is 11.8 Å². The fraction of sp³-hybridized carbons (Fsp3) is 0.261. The zero-order valence-electron chi connectivity index (χ0n) is 16.2. The first kappa shape index (κ1) is 20.3. The Kier molecular flexibility index (Phi) is 6.44. The Bertz CT molecular complexity index is 920. The van der Waals surface area contributed by atoms with Gasteiger partial charge in [-0.2, -0.15) is 0 Å². The number of carboxylic acids is 1. The number of amides is 2. The third kappa shape index (κ3) is 5.54. The van der Waals surface area contributed by atoms with Crippen LogP contribution in [0.15, 0.2) is 66.2 Å². The van der Waals surface area contributed by atoms with E-state index in [9.17, 15) is 19.5 Å². The van der Waals surface area contributed by atoms with E-state index in [2.05, 4.69) is 10.6 Å². The minimum atomic E-state index is -0.902. The van der Waals surface area contributed by atoms with Gasteiger partial charge in [-0.15, -0.1) is 0 Å². The molecule has 150 valence electrons. The summed E-state index contributed by atoms with van der Waals surface area (Å²) in [6, 6.07) is 17.7. The molecule has 1 heterocycles. The number of rotatable bonds is 8. The van der Waals surface area contributed by atoms with Gasteiger partial charge in [0, 0.05) is 24.2 Å². The van der Waals surface area contributed by atoms with Crippen molar-refractivity contribution in [2.24, 2.45) is 5.92 Å².